The van der Waals surface area contributed by atoms with Crippen LogP contribution < -0.4 is 5.73 Å². The number of hydrogen-bond acceptors (Lipinski definition) is 3. The molecular weight excluding hydrogens is 236 g/mol. The van der Waals surface area contributed by atoms with Crippen LogP contribution in [-0.4, -0.2) is 14.6 Å². The third kappa shape index (κ3) is 2.11. The van der Waals surface area contributed by atoms with Gasteiger partial charge in [0, 0.05) is 29.6 Å². The highest BCUT2D eigenvalue weighted by atomic mass is 15.2. The van der Waals surface area contributed by atoms with E-state index >= 15 is 0 Å². The van der Waals surface area contributed by atoms with Gasteiger partial charge in [-0.1, -0.05) is 23.8 Å². The van der Waals surface area contributed by atoms with Gasteiger partial charge in [-0.15, -0.1) is 0 Å². The summed E-state index contributed by atoms with van der Waals surface area (Å²) in [6.07, 6.45) is 3.59. The quantitative estimate of drug-likeness (QED) is 0.763. The molecule has 0 spiro atoms. The lowest BCUT2D eigenvalue weighted by Crippen LogP contribution is -2.10. The number of nitrogens with two attached hydrogens (primary N) is 1. The Bertz CT molecular complexity index is 728. The van der Waals surface area contributed by atoms with Crippen LogP contribution in [0.3, 0.4) is 0 Å². The maximum absolute atomic E-state index is 6.07. The van der Waals surface area contributed by atoms with E-state index in [0.29, 0.717) is 0 Å². The van der Waals surface area contributed by atoms with Crippen LogP contribution in [-0.2, 0) is 0 Å². The number of aromatic nitrogens is 3. The number of benzene rings is 1. The average Bonchev–Trinajstić information content (AvgIpc) is 2.84. The third-order valence-electron chi connectivity index (χ3n) is 3.20. The first kappa shape index (κ1) is 11.9. The van der Waals surface area contributed by atoms with Gasteiger partial charge in [-0.2, -0.15) is 5.10 Å². The second-order valence-electron chi connectivity index (χ2n) is 4.84. The zero-order valence-electron chi connectivity index (χ0n) is 11.0. The summed E-state index contributed by atoms with van der Waals surface area (Å²) in [5.41, 5.74) is 11.1. The van der Waals surface area contributed by atoms with E-state index in [1.165, 1.54) is 5.56 Å². The highest BCUT2D eigenvalue weighted by molar-refractivity contribution is 5.66. The molecule has 1 atom stereocenters. The van der Waals surface area contributed by atoms with Crippen molar-refractivity contribution < 1.29 is 0 Å². The van der Waals surface area contributed by atoms with Crippen molar-refractivity contribution in [1.82, 2.24) is 14.6 Å². The van der Waals surface area contributed by atoms with Crippen molar-refractivity contribution in [3.63, 3.8) is 0 Å². The van der Waals surface area contributed by atoms with Crippen LogP contribution in [0.4, 0.5) is 0 Å². The molecule has 0 aliphatic carbocycles. The minimum absolute atomic E-state index is 0.0790. The number of hydrogen-bond donors (Lipinski definition) is 1. The van der Waals surface area contributed by atoms with Crippen molar-refractivity contribution in [2.75, 3.05) is 0 Å². The second kappa shape index (κ2) is 4.48. The minimum atomic E-state index is -0.0790. The average molecular weight is 252 g/mol. The molecule has 0 saturated carbocycles. The van der Waals surface area contributed by atoms with E-state index in [1.54, 1.807) is 10.7 Å². The fourth-order valence-electron chi connectivity index (χ4n) is 2.23. The van der Waals surface area contributed by atoms with E-state index in [4.69, 9.17) is 5.73 Å². The first-order valence-electron chi connectivity index (χ1n) is 6.32. The van der Waals surface area contributed by atoms with Crippen molar-refractivity contribution >= 4 is 5.65 Å². The number of aryl methyl sites for hydroxylation is 1. The van der Waals surface area contributed by atoms with Gasteiger partial charge in [0.15, 0.2) is 5.65 Å². The SMILES string of the molecule is Cc1cccc(-c2nn3ccnc3cc2[C@H](C)N)c1. The highest BCUT2D eigenvalue weighted by Crippen LogP contribution is 2.26. The van der Waals surface area contributed by atoms with E-state index < -0.39 is 0 Å². The summed E-state index contributed by atoms with van der Waals surface area (Å²) in [4.78, 5) is 4.26. The maximum atomic E-state index is 6.07. The van der Waals surface area contributed by atoms with Gasteiger partial charge in [0.25, 0.3) is 0 Å². The van der Waals surface area contributed by atoms with Crippen molar-refractivity contribution in [2.45, 2.75) is 19.9 Å². The largest absolute Gasteiger partial charge is 0.324 e. The number of rotatable bonds is 2. The van der Waals surface area contributed by atoms with E-state index in [9.17, 15) is 0 Å². The zero-order chi connectivity index (χ0) is 13.4. The van der Waals surface area contributed by atoms with Gasteiger partial charge in [-0.3, -0.25) is 0 Å². The molecule has 2 N–H and O–H groups in total. The summed E-state index contributed by atoms with van der Waals surface area (Å²) in [6.45, 7) is 4.04. The van der Waals surface area contributed by atoms with Gasteiger partial charge >= 0.3 is 0 Å². The maximum Gasteiger partial charge on any atom is 0.153 e. The molecule has 0 aliphatic rings. The molecule has 1 aromatic carbocycles. The number of fused-ring (bicyclic) bond motifs is 1. The van der Waals surface area contributed by atoms with Crippen molar-refractivity contribution in [3.8, 4) is 11.3 Å². The van der Waals surface area contributed by atoms with E-state index in [2.05, 4.69) is 35.2 Å². The Hall–Kier alpha value is -2.20. The Labute approximate surface area is 111 Å². The summed E-state index contributed by atoms with van der Waals surface area (Å²) >= 11 is 0. The van der Waals surface area contributed by atoms with E-state index in [-0.39, 0.29) is 6.04 Å². The van der Waals surface area contributed by atoms with Crippen molar-refractivity contribution in [2.24, 2.45) is 5.73 Å². The standard InChI is InChI=1S/C15H16N4/c1-10-4-3-5-12(8-10)15-13(11(2)16)9-14-17-6-7-19(14)18-15/h3-9,11H,16H2,1-2H3/t11-/m0/s1. The van der Waals surface area contributed by atoms with E-state index in [1.807, 2.05) is 25.3 Å². The van der Waals surface area contributed by atoms with Gasteiger partial charge in [-0.25, -0.2) is 9.50 Å². The molecule has 2 heterocycles. The molecule has 0 bridgehead atoms. The molecule has 0 radical (unpaired) electrons. The highest BCUT2D eigenvalue weighted by Gasteiger charge is 2.13. The van der Waals surface area contributed by atoms with Gasteiger partial charge in [0.2, 0.25) is 0 Å². The summed E-state index contributed by atoms with van der Waals surface area (Å²) < 4.78 is 1.78. The van der Waals surface area contributed by atoms with Crippen molar-refractivity contribution in [1.29, 1.82) is 0 Å². The summed E-state index contributed by atoms with van der Waals surface area (Å²) in [5.74, 6) is 0. The van der Waals surface area contributed by atoms with Gasteiger partial charge in [-0.05, 0) is 26.0 Å². The predicted octanol–water partition coefficient (Wildman–Crippen LogP) is 2.72. The monoisotopic (exact) mass is 252 g/mol. The molecule has 4 heteroatoms. The molecule has 2 aromatic heterocycles. The van der Waals surface area contributed by atoms with Gasteiger partial charge < -0.3 is 5.73 Å². The first-order valence-corrected chi connectivity index (χ1v) is 6.32. The number of imidazole rings is 1. The molecule has 0 fully saturated rings. The Kier molecular flexibility index (Phi) is 2.80. The lowest BCUT2D eigenvalue weighted by Gasteiger charge is -2.13. The Balaban J connectivity index is 2.28. The van der Waals surface area contributed by atoms with Crippen LogP contribution >= 0.6 is 0 Å². The van der Waals surface area contributed by atoms with Gasteiger partial charge in [0.1, 0.15) is 0 Å². The van der Waals surface area contributed by atoms with Crippen LogP contribution in [0.15, 0.2) is 42.7 Å². The zero-order valence-corrected chi connectivity index (χ0v) is 11.0. The third-order valence-corrected chi connectivity index (χ3v) is 3.20. The molecule has 3 aromatic rings. The van der Waals surface area contributed by atoms with Gasteiger partial charge in [0.05, 0.1) is 5.69 Å². The van der Waals surface area contributed by atoms with Crippen LogP contribution in [0.5, 0.6) is 0 Å². The first-order chi connectivity index (χ1) is 9.15. The van der Waals surface area contributed by atoms with Crippen LogP contribution in [0.1, 0.15) is 24.1 Å². The predicted molar refractivity (Wildman–Crippen MR) is 75.8 cm³/mol. The van der Waals surface area contributed by atoms with Crippen molar-refractivity contribution in [3.05, 3.63) is 53.9 Å². The molecule has 3 rings (SSSR count). The molecule has 19 heavy (non-hydrogen) atoms. The van der Waals surface area contributed by atoms with E-state index in [0.717, 1.165) is 22.5 Å². The smallest absolute Gasteiger partial charge is 0.153 e. The molecular formula is C15H16N4. The fraction of sp³-hybridized carbons (Fsp3) is 0.200. The van der Waals surface area contributed by atoms with Crippen LogP contribution in [0.25, 0.3) is 16.9 Å². The second-order valence-corrected chi connectivity index (χ2v) is 4.84. The lowest BCUT2D eigenvalue weighted by molar-refractivity contribution is 0.798. The number of nitrogens with zero attached hydrogens (tertiary/aromatic N) is 3. The Morgan fingerprint density at radius 1 is 1.26 bits per heavy atom. The fourth-order valence-corrected chi connectivity index (χ4v) is 2.23. The summed E-state index contributed by atoms with van der Waals surface area (Å²) in [6, 6.07) is 10.2. The molecule has 0 aliphatic heterocycles. The Morgan fingerprint density at radius 3 is 2.84 bits per heavy atom. The van der Waals surface area contributed by atoms with Crippen LogP contribution in [0.2, 0.25) is 0 Å². The van der Waals surface area contributed by atoms with Crippen LogP contribution in [0, 0.1) is 6.92 Å². The molecule has 0 amide bonds. The topological polar surface area (TPSA) is 56.2 Å². The molecule has 0 unspecified atom stereocenters. The molecule has 0 saturated heterocycles. The minimum Gasteiger partial charge on any atom is -0.324 e. The summed E-state index contributed by atoms with van der Waals surface area (Å²) in [5, 5.41) is 4.64. The summed E-state index contributed by atoms with van der Waals surface area (Å²) in [7, 11) is 0. The molecule has 96 valence electrons. The molecule has 4 nitrogen and oxygen atoms in total. The normalized spacial score (nSPS) is 12.8. The Morgan fingerprint density at radius 2 is 2.11 bits per heavy atom. The lowest BCUT2D eigenvalue weighted by atomic mass is 10.0.